The second-order valence-corrected chi connectivity index (χ2v) is 4.49. The van der Waals surface area contributed by atoms with Gasteiger partial charge in [0.15, 0.2) is 0 Å². The van der Waals surface area contributed by atoms with Crippen LogP contribution in [0.25, 0.3) is 0 Å². The molecule has 0 atom stereocenters. The molecule has 0 saturated heterocycles. The zero-order valence-corrected chi connectivity index (χ0v) is 10.2. The summed E-state index contributed by atoms with van der Waals surface area (Å²) in [6.07, 6.45) is 0. The van der Waals surface area contributed by atoms with Crippen molar-refractivity contribution in [3.05, 3.63) is 35.9 Å². The van der Waals surface area contributed by atoms with Gasteiger partial charge in [-0.15, -0.1) is 0 Å². The summed E-state index contributed by atoms with van der Waals surface area (Å²) in [5, 5.41) is 3.95. The largest absolute Gasteiger partial charge is 0.398 e. The Morgan fingerprint density at radius 2 is 1.81 bits per heavy atom. The molecular formula is C14H17NO. The van der Waals surface area contributed by atoms with Gasteiger partial charge in [0.25, 0.3) is 0 Å². The molecule has 16 heavy (non-hydrogen) atoms. The van der Waals surface area contributed by atoms with E-state index in [4.69, 9.17) is 4.84 Å². The topological polar surface area (TPSA) is 21.6 Å². The summed E-state index contributed by atoms with van der Waals surface area (Å²) in [4.78, 5) is 4.80. The van der Waals surface area contributed by atoms with Crippen LogP contribution in [0.5, 0.6) is 0 Å². The molecule has 0 aliphatic rings. The zero-order valence-electron chi connectivity index (χ0n) is 10.2. The molecule has 84 valence electrons. The van der Waals surface area contributed by atoms with Gasteiger partial charge in [-0.2, -0.15) is 0 Å². The van der Waals surface area contributed by atoms with Crippen molar-refractivity contribution in [2.24, 2.45) is 10.6 Å². The molecule has 0 N–H and O–H groups in total. The average Bonchev–Trinajstić information content (AvgIpc) is 2.24. The Bertz CT molecular complexity index is 416. The summed E-state index contributed by atoms with van der Waals surface area (Å²) in [5.41, 5.74) is 1.63. The minimum absolute atomic E-state index is 0.0994. The van der Waals surface area contributed by atoms with E-state index in [0.717, 1.165) is 11.3 Å². The van der Waals surface area contributed by atoms with Crippen molar-refractivity contribution in [1.29, 1.82) is 0 Å². The standard InChI is InChI=1S/C14H17NO/c1-14(2,3)13(15-16-4)11-10-12-8-6-5-7-9-12/h5-9H,1-4H3. The van der Waals surface area contributed by atoms with Gasteiger partial charge in [0.05, 0.1) is 0 Å². The van der Waals surface area contributed by atoms with Crippen molar-refractivity contribution in [2.45, 2.75) is 20.8 Å². The molecule has 0 fully saturated rings. The number of nitrogens with zero attached hydrogens (tertiary/aromatic N) is 1. The predicted molar refractivity (Wildman–Crippen MR) is 67.2 cm³/mol. The average molecular weight is 215 g/mol. The van der Waals surface area contributed by atoms with Crippen molar-refractivity contribution in [1.82, 2.24) is 0 Å². The normalized spacial score (nSPS) is 11.6. The van der Waals surface area contributed by atoms with E-state index >= 15 is 0 Å². The van der Waals surface area contributed by atoms with E-state index in [1.54, 1.807) is 0 Å². The summed E-state index contributed by atoms with van der Waals surface area (Å²) in [6.45, 7) is 6.18. The molecule has 0 aromatic heterocycles. The van der Waals surface area contributed by atoms with E-state index in [0.29, 0.717) is 0 Å². The molecule has 1 rings (SSSR count). The molecule has 0 heterocycles. The first-order chi connectivity index (χ1) is 7.54. The third kappa shape index (κ3) is 3.78. The van der Waals surface area contributed by atoms with Crippen LogP contribution in [-0.4, -0.2) is 12.8 Å². The number of oxime groups is 1. The lowest BCUT2D eigenvalue weighted by Gasteiger charge is -2.15. The highest BCUT2D eigenvalue weighted by Crippen LogP contribution is 2.15. The second-order valence-electron chi connectivity index (χ2n) is 4.49. The van der Waals surface area contributed by atoms with E-state index in [9.17, 15) is 0 Å². The van der Waals surface area contributed by atoms with Crippen LogP contribution in [-0.2, 0) is 4.84 Å². The molecule has 0 unspecified atom stereocenters. The highest BCUT2D eigenvalue weighted by atomic mass is 16.6. The van der Waals surface area contributed by atoms with Crippen LogP contribution in [0, 0.1) is 17.3 Å². The summed E-state index contributed by atoms with van der Waals surface area (Å²) >= 11 is 0. The lowest BCUT2D eigenvalue weighted by molar-refractivity contribution is 0.210. The number of benzene rings is 1. The Balaban J connectivity index is 2.94. The Kier molecular flexibility index (Phi) is 4.13. The Hall–Kier alpha value is -1.75. The molecule has 0 bridgehead atoms. The van der Waals surface area contributed by atoms with Crippen LogP contribution in [0.1, 0.15) is 26.3 Å². The maximum absolute atomic E-state index is 4.80. The summed E-state index contributed by atoms with van der Waals surface area (Å²) in [5.74, 6) is 6.13. The summed E-state index contributed by atoms with van der Waals surface area (Å²) in [7, 11) is 1.54. The maximum atomic E-state index is 4.80. The van der Waals surface area contributed by atoms with Gasteiger partial charge in [-0.25, -0.2) is 0 Å². The van der Waals surface area contributed by atoms with E-state index in [1.165, 1.54) is 7.11 Å². The van der Waals surface area contributed by atoms with Gasteiger partial charge in [-0.3, -0.25) is 0 Å². The number of rotatable bonds is 1. The molecule has 0 saturated carbocycles. The highest BCUT2D eigenvalue weighted by molar-refractivity contribution is 6.04. The molecule has 0 radical (unpaired) electrons. The van der Waals surface area contributed by atoms with Crippen molar-refractivity contribution < 1.29 is 4.84 Å². The first-order valence-electron chi connectivity index (χ1n) is 5.23. The quantitative estimate of drug-likeness (QED) is 0.401. The lowest BCUT2D eigenvalue weighted by Crippen LogP contribution is -2.18. The van der Waals surface area contributed by atoms with Gasteiger partial charge in [-0.1, -0.05) is 50.0 Å². The predicted octanol–water partition coefficient (Wildman–Crippen LogP) is 3.09. The van der Waals surface area contributed by atoms with Crippen LogP contribution in [0.2, 0.25) is 0 Å². The van der Waals surface area contributed by atoms with Crippen LogP contribution >= 0.6 is 0 Å². The smallest absolute Gasteiger partial charge is 0.135 e. The SMILES string of the molecule is CON=C(C#Cc1ccccc1)C(C)(C)C. The van der Waals surface area contributed by atoms with Crippen LogP contribution in [0.4, 0.5) is 0 Å². The van der Waals surface area contributed by atoms with Gasteiger partial charge in [0, 0.05) is 11.0 Å². The van der Waals surface area contributed by atoms with Gasteiger partial charge >= 0.3 is 0 Å². The molecule has 1 aromatic carbocycles. The summed E-state index contributed by atoms with van der Waals surface area (Å²) in [6, 6.07) is 9.85. The minimum atomic E-state index is -0.0994. The Labute approximate surface area is 97.3 Å². The highest BCUT2D eigenvalue weighted by Gasteiger charge is 2.17. The van der Waals surface area contributed by atoms with Crippen LogP contribution in [0.3, 0.4) is 0 Å². The maximum Gasteiger partial charge on any atom is 0.135 e. The second kappa shape index (κ2) is 5.37. The summed E-state index contributed by atoms with van der Waals surface area (Å²) < 4.78 is 0. The molecule has 1 aromatic rings. The Morgan fingerprint density at radius 1 is 1.19 bits per heavy atom. The molecule has 0 aliphatic heterocycles. The lowest BCUT2D eigenvalue weighted by atomic mass is 9.90. The van der Waals surface area contributed by atoms with E-state index < -0.39 is 0 Å². The van der Waals surface area contributed by atoms with E-state index in [1.807, 2.05) is 30.3 Å². The zero-order chi connectivity index (χ0) is 12.0. The number of hydrogen-bond acceptors (Lipinski definition) is 2. The molecule has 2 heteroatoms. The monoisotopic (exact) mass is 215 g/mol. The molecule has 0 amide bonds. The van der Waals surface area contributed by atoms with Gasteiger partial charge < -0.3 is 4.84 Å². The third-order valence-electron chi connectivity index (χ3n) is 1.99. The fourth-order valence-electron chi connectivity index (χ4n) is 1.09. The molecule has 0 aliphatic carbocycles. The van der Waals surface area contributed by atoms with Crippen LogP contribution in [0.15, 0.2) is 35.5 Å². The molecule has 2 nitrogen and oxygen atoms in total. The van der Waals surface area contributed by atoms with Crippen molar-refractivity contribution >= 4 is 5.71 Å². The fourth-order valence-corrected chi connectivity index (χ4v) is 1.09. The van der Waals surface area contributed by atoms with Gasteiger partial charge in [0.2, 0.25) is 0 Å². The van der Waals surface area contributed by atoms with Gasteiger partial charge in [-0.05, 0) is 18.1 Å². The van der Waals surface area contributed by atoms with Crippen molar-refractivity contribution in [2.75, 3.05) is 7.11 Å². The fraction of sp³-hybridized carbons (Fsp3) is 0.357. The van der Waals surface area contributed by atoms with Gasteiger partial charge in [0.1, 0.15) is 12.8 Å². The van der Waals surface area contributed by atoms with Crippen molar-refractivity contribution in [3.8, 4) is 11.8 Å². The Morgan fingerprint density at radius 3 is 2.31 bits per heavy atom. The number of hydrogen-bond donors (Lipinski definition) is 0. The third-order valence-corrected chi connectivity index (χ3v) is 1.99. The molecular weight excluding hydrogens is 198 g/mol. The van der Waals surface area contributed by atoms with E-state index in [2.05, 4.69) is 37.8 Å². The minimum Gasteiger partial charge on any atom is -0.398 e. The van der Waals surface area contributed by atoms with Crippen molar-refractivity contribution in [3.63, 3.8) is 0 Å². The first-order valence-corrected chi connectivity index (χ1v) is 5.23. The first kappa shape index (κ1) is 12.3. The molecule has 0 spiro atoms. The van der Waals surface area contributed by atoms with Crippen LogP contribution < -0.4 is 0 Å². The van der Waals surface area contributed by atoms with E-state index in [-0.39, 0.29) is 5.41 Å².